The Bertz CT molecular complexity index is 1430. The molecule has 6 nitrogen and oxygen atoms in total. The summed E-state index contributed by atoms with van der Waals surface area (Å²) in [4.78, 5) is 24.6. The molecule has 4 rings (SSSR count). The highest BCUT2D eigenvalue weighted by atomic mass is 16.5. The molecular formula is C31H29NO5. The van der Waals surface area contributed by atoms with E-state index in [0.717, 1.165) is 27.6 Å². The Morgan fingerprint density at radius 1 is 0.946 bits per heavy atom. The predicted molar refractivity (Wildman–Crippen MR) is 145 cm³/mol. The van der Waals surface area contributed by atoms with Gasteiger partial charge >= 0.3 is 5.97 Å². The van der Waals surface area contributed by atoms with Crippen molar-refractivity contribution >= 4 is 28.7 Å². The van der Waals surface area contributed by atoms with E-state index in [1.54, 1.807) is 38.3 Å². The van der Waals surface area contributed by atoms with Gasteiger partial charge in [-0.25, -0.2) is 4.79 Å². The fourth-order valence-corrected chi connectivity index (χ4v) is 4.09. The molecule has 4 aromatic rings. The first-order valence-corrected chi connectivity index (χ1v) is 12.0. The molecule has 37 heavy (non-hydrogen) atoms. The number of methoxy groups -OCH3 is 1. The minimum atomic E-state index is -0.983. The molecule has 0 bridgehead atoms. The first-order valence-electron chi connectivity index (χ1n) is 12.0. The number of nitrogens with one attached hydrogen (secondary N) is 1. The number of hydrogen-bond donors (Lipinski definition) is 2. The molecule has 0 saturated heterocycles. The predicted octanol–water partition coefficient (Wildman–Crippen LogP) is 5.68. The third-order valence-corrected chi connectivity index (χ3v) is 6.10. The zero-order valence-corrected chi connectivity index (χ0v) is 20.9. The molecule has 188 valence electrons. The van der Waals surface area contributed by atoms with Crippen LogP contribution in [-0.2, 0) is 11.2 Å². The molecule has 1 amide bonds. The molecular weight excluding hydrogens is 466 g/mol. The lowest BCUT2D eigenvalue weighted by atomic mass is 10.0. The first kappa shape index (κ1) is 25.5. The van der Waals surface area contributed by atoms with Crippen LogP contribution in [0.5, 0.6) is 11.5 Å². The van der Waals surface area contributed by atoms with Gasteiger partial charge in [0.25, 0.3) is 5.91 Å². The van der Waals surface area contributed by atoms with Crippen molar-refractivity contribution in [3.05, 3.63) is 113 Å². The molecule has 0 spiro atoms. The molecule has 2 N–H and O–H groups in total. The van der Waals surface area contributed by atoms with Gasteiger partial charge in [-0.15, -0.1) is 0 Å². The summed E-state index contributed by atoms with van der Waals surface area (Å²) in [5.74, 6) is 0.248. The zero-order valence-electron chi connectivity index (χ0n) is 20.9. The fraction of sp³-hybridized carbons (Fsp3) is 0.161. The number of benzene rings is 4. The van der Waals surface area contributed by atoms with Crippen LogP contribution < -0.4 is 14.8 Å². The van der Waals surface area contributed by atoms with Crippen molar-refractivity contribution in [1.82, 2.24) is 5.32 Å². The number of hydrogen-bond acceptors (Lipinski definition) is 4. The summed E-state index contributed by atoms with van der Waals surface area (Å²) in [6, 6.07) is 26.5. The molecule has 0 unspecified atom stereocenters. The van der Waals surface area contributed by atoms with E-state index < -0.39 is 5.97 Å². The Balaban J connectivity index is 1.53. The summed E-state index contributed by atoms with van der Waals surface area (Å²) in [6.45, 7) is 2.25. The van der Waals surface area contributed by atoms with E-state index in [-0.39, 0.29) is 18.1 Å². The van der Waals surface area contributed by atoms with Crippen LogP contribution in [-0.4, -0.2) is 37.2 Å². The summed E-state index contributed by atoms with van der Waals surface area (Å²) >= 11 is 0. The topological polar surface area (TPSA) is 84.9 Å². The second-order valence-corrected chi connectivity index (χ2v) is 8.67. The van der Waals surface area contributed by atoms with Crippen molar-refractivity contribution in [2.24, 2.45) is 0 Å². The Kier molecular flexibility index (Phi) is 8.21. The van der Waals surface area contributed by atoms with Gasteiger partial charge in [-0.3, -0.25) is 4.79 Å². The van der Waals surface area contributed by atoms with Crippen molar-refractivity contribution < 1.29 is 24.2 Å². The van der Waals surface area contributed by atoms with Gasteiger partial charge in [-0.05, 0) is 65.8 Å². The summed E-state index contributed by atoms with van der Waals surface area (Å²) in [5.41, 5.74) is 3.10. The molecule has 4 aromatic carbocycles. The molecule has 0 aliphatic rings. The van der Waals surface area contributed by atoms with Crippen LogP contribution in [0, 0.1) is 6.92 Å². The lowest BCUT2D eigenvalue weighted by Crippen LogP contribution is -2.29. The minimum Gasteiger partial charge on any atom is -0.497 e. The maximum atomic E-state index is 13.2. The molecule has 0 aliphatic heterocycles. The van der Waals surface area contributed by atoms with E-state index in [2.05, 4.69) is 5.32 Å². The normalized spacial score (nSPS) is 11.2. The number of carbonyl (C=O) groups is 2. The Hall–Kier alpha value is -4.58. The zero-order chi connectivity index (χ0) is 26.2. The number of amides is 1. The smallest absolute Gasteiger partial charge is 0.335 e. The molecule has 0 aliphatic carbocycles. The van der Waals surface area contributed by atoms with Crippen LogP contribution in [0.15, 0.2) is 90.5 Å². The molecule has 0 radical (unpaired) electrons. The van der Waals surface area contributed by atoms with Crippen LogP contribution in [0.25, 0.3) is 16.8 Å². The van der Waals surface area contributed by atoms with E-state index in [0.29, 0.717) is 29.9 Å². The first-order chi connectivity index (χ1) is 17.9. The summed E-state index contributed by atoms with van der Waals surface area (Å²) in [7, 11) is 1.63. The van der Waals surface area contributed by atoms with Gasteiger partial charge in [0.05, 0.1) is 18.2 Å². The van der Waals surface area contributed by atoms with E-state index >= 15 is 0 Å². The van der Waals surface area contributed by atoms with Gasteiger partial charge in [0.2, 0.25) is 0 Å². The van der Waals surface area contributed by atoms with Gasteiger partial charge in [0.15, 0.2) is 0 Å². The van der Waals surface area contributed by atoms with Crippen molar-refractivity contribution in [3.8, 4) is 11.5 Å². The Labute approximate surface area is 216 Å². The van der Waals surface area contributed by atoms with E-state index in [9.17, 15) is 14.7 Å². The van der Waals surface area contributed by atoms with Crippen LogP contribution in [0.3, 0.4) is 0 Å². The number of fused-ring (bicyclic) bond motifs is 1. The van der Waals surface area contributed by atoms with Crippen molar-refractivity contribution in [2.45, 2.75) is 13.3 Å². The number of carboxylic acids is 1. The monoisotopic (exact) mass is 495 g/mol. The van der Waals surface area contributed by atoms with Crippen molar-refractivity contribution in [2.75, 3.05) is 20.3 Å². The third kappa shape index (κ3) is 6.55. The van der Waals surface area contributed by atoms with E-state index in [1.165, 1.54) is 0 Å². The Morgan fingerprint density at radius 2 is 1.70 bits per heavy atom. The highest BCUT2D eigenvalue weighted by Gasteiger charge is 2.13. The number of rotatable bonds is 10. The second kappa shape index (κ2) is 11.9. The Morgan fingerprint density at radius 3 is 2.43 bits per heavy atom. The molecule has 6 heteroatoms. The number of aromatic carboxylic acids is 1. The highest BCUT2D eigenvalue weighted by molar-refractivity contribution is 5.98. The molecule has 0 heterocycles. The summed E-state index contributed by atoms with van der Waals surface area (Å²) in [5, 5.41) is 14.3. The average molecular weight is 496 g/mol. The fourth-order valence-electron chi connectivity index (χ4n) is 4.09. The number of ether oxygens (including phenoxy) is 2. The lowest BCUT2D eigenvalue weighted by molar-refractivity contribution is -0.117. The molecule has 0 fully saturated rings. The van der Waals surface area contributed by atoms with Crippen LogP contribution in [0.4, 0.5) is 0 Å². The van der Waals surface area contributed by atoms with Gasteiger partial charge in [-0.2, -0.15) is 0 Å². The maximum absolute atomic E-state index is 13.2. The third-order valence-electron chi connectivity index (χ3n) is 6.10. The van der Waals surface area contributed by atoms with Crippen LogP contribution >= 0.6 is 0 Å². The molecule has 0 saturated carbocycles. The summed E-state index contributed by atoms with van der Waals surface area (Å²) < 4.78 is 11.3. The highest BCUT2D eigenvalue weighted by Crippen LogP contribution is 2.26. The molecule has 0 atom stereocenters. The SMILES string of the molecule is COc1ccc(CCNC(=O)C(=Cc2ccc(C(=O)O)c(C)c2)COc2cccc3ccccc23)cc1. The standard InChI is InChI=1S/C31H29NO5/c1-21-18-23(12-15-27(21)31(34)35)19-25(20-37-29-9-5-7-24-6-3-4-8-28(24)29)30(33)32-17-16-22-10-13-26(36-2)14-11-22/h3-15,18-19H,16-17,20H2,1-2H3,(H,32,33)(H,34,35). The van der Waals surface area contributed by atoms with Crippen LogP contribution in [0.2, 0.25) is 0 Å². The average Bonchev–Trinajstić information content (AvgIpc) is 2.91. The molecule has 0 aromatic heterocycles. The quantitative estimate of drug-likeness (QED) is 0.277. The number of carbonyl (C=O) groups excluding carboxylic acids is 1. The van der Waals surface area contributed by atoms with Crippen LogP contribution in [0.1, 0.15) is 27.0 Å². The van der Waals surface area contributed by atoms with Crippen molar-refractivity contribution in [3.63, 3.8) is 0 Å². The van der Waals surface area contributed by atoms with Gasteiger partial charge in [-0.1, -0.05) is 60.7 Å². The van der Waals surface area contributed by atoms with E-state index in [1.807, 2.05) is 66.7 Å². The number of carboxylic acid groups (broad SMARTS) is 1. The largest absolute Gasteiger partial charge is 0.497 e. The van der Waals surface area contributed by atoms with E-state index in [4.69, 9.17) is 9.47 Å². The summed E-state index contributed by atoms with van der Waals surface area (Å²) in [6.07, 6.45) is 2.41. The van der Waals surface area contributed by atoms with Gasteiger partial charge in [0, 0.05) is 11.9 Å². The van der Waals surface area contributed by atoms with Gasteiger partial charge < -0.3 is 19.9 Å². The lowest BCUT2D eigenvalue weighted by Gasteiger charge is -2.13. The number of aryl methyl sites for hydroxylation is 1. The van der Waals surface area contributed by atoms with Crippen molar-refractivity contribution in [1.29, 1.82) is 0 Å². The minimum absolute atomic E-state index is 0.0576. The van der Waals surface area contributed by atoms with Gasteiger partial charge in [0.1, 0.15) is 18.1 Å². The maximum Gasteiger partial charge on any atom is 0.335 e. The second-order valence-electron chi connectivity index (χ2n) is 8.67.